The van der Waals surface area contributed by atoms with E-state index in [9.17, 15) is 4.79 Å². The molecule has 0 radical (unpaired) electrons. The van der Waals surface area contributed by atoms with Crippen LogP contribution >= 0.6 is 0 Å². The van der Waals surface area contributed by atoms with Crippen LogP contribution in [0, 0.1) is 0 Å². The maximum Gasteiger partial charge on any atom is 0.303 e. The summed E-state index contributed by atoms with van der Waals surface area (Å²) in [6.45, 7) is 1.98. The number of nitrogens with one attached hydrogen (secondary N) is 1. The SMILES string of the molecule is COc1cncc(NC(C)CCCC(=O)O)n1. The van der Waals surface area contributed by atoms with Gasteiger partial charge < -0.3 is 15.2 Å². The number of anilines is 1. The molecular formula is C11H17N3O3. The van der Waals surface area contributed by atoms with Crippen molar-refractivity contribution < 1.29 is 14.6 Å². The number of nitrogens with zero attached hydrogens (tertiary/aromatic N) is 2. The molecule has 1 unspecified atom stereocenters. The summed E-state index contributed by atoms with van der Waals surface area (Å²) in [5, 5.41) is 11.7. The maximum atomic E-state index is 10.4. The Bertz CT molecular complexity index is 371. The molecule has 1 aromatic rings. The molecule has 0 bridgehead atoms. The molecular weight excluding hydrogens is 222 g/mol. The van der Waals surface area contributed by atoms with Gasteiger partial charge in [-0.25, -0.2) is 0 Å². The zero-order valence-corrected chi connectivity index (χ0v) is 10.0. The number of ether oxygens (including phenoxy) is 1. The molecule has 0 saturated heterocycles. The molecule has 0 aromatic carbocycles. The molecule has 1 aromatic heterocycles. The van der Waals surface area contributed by atoms with Crippen molar-refractivity contribution in [2.24, 2.45) is 0 Å². The summed E-state index contributed by atoms with van der Waals surface area (Å²) in [7, 11) is 1.53. The average Bonchev–Trinajstić information content (AvgIpc) is 2.28. The second kappa shape index (κ2) is 6.67. The van der Waals surface area contributed by atoms with Crippen LogP contribution in [0.3, 0.4) is 0 Å². The highest BCUT2D eigenvalue weighted by Crippen LogP contribution is 2.11. The summed E-state index contributed by atoms with van der Waals surface area (Å²) < 4.78 is 4.96. The Kier molecular flexibility index (Phi) is 5.19. The van der Waals surface area contributed by atoms with Crippen LogP contribution in [0.2, 0.25) is 0 Å². The normalized spacial score (nSPS) is 11.9. The highest BCUT2D eigenvalue weighted by atomic mass is 16.5. The first-order chi connectivity index (χ1) is 8.11. The molecule has 1 heterocycles. The van der Waals surface area contributed by atoms with E-state index in [2.05, 4.69) is 15.3 Å². The first-order valence-electron chi connectivity index (χ1n) is 5.46. The van der Waals surface area contributed by atoms with Gasteiger partial charge in [-0.1, -0.05) is 0 Å². The van der Waals surface area contributed by atoms with Gasteiger partial charge in [0.25, 0.3) is 0 Å². The lowest BCUT2D eigenvalue weighted by atomic mass is 10.1. The summed E-state index contributed by atoms with van der Waals surface area (Å²) in [6, 6.07) is 0.149. The lowest BCUT2D eigenvalue weighted by molar-refractivity contribution is -0.137. The van der Waals surface area contributed by atoms with E-state index in [1.165, 1.54) is 13.3 Å². The quantitative estimate of drug-likeness (QED) is 0.750. The summed E-state index contributed by atoms with van der Waals surface area (Å²) in [6.07, 6.45) is 4.73. The van der Waals surface area contributed by atoms with E-state index in [4.69, 9.17) is 9.84 Å². The topological polar surface area (TPSA) is 84.3 Å². The van der Waals surface area contributed by atoms with Crippen LogP contribution in [0.25, 0.3) is 0 Å². The molecule has 6 nitrogen and oxygen atoms in total. The van der Waals surface area contributed by atoms with E-state index in [0.717, 1.165) is 6.42 Å². The van der Waals surface area contributed by atoms with Crippen molar-refractivity contribution in [3.05, 3.63) is 12.4 Å². The van der Waals surface area contributed by atoms with Gasteiger partial charge in [0, 0.05) is 12.5 Å². The van der Waals surface area contributed by atoms with E-state index in [1.54, 1.807) is 6.20 Å². The summed E-state index contributed by atoms with van der Waals surface area (Å²) in [4.78, 5) is 18.5. The molecule has 0 aliphatic rings. The molecule has 0 amide bonds. The Labute approximate surface area is 100 Å². The Morgan fingerprint density at radius 2 is 2.35 bits per heavy atom. The number of rotatable bonds is 7. The molecule has 0 aliphatic carbocycles. The second-order valence-electron chi connectivity index (χ2n) is 3.78. The number of carbonyl (C=O) groups is 1. The highest BCUT2D eigenvalue weighted by Gasteiger charge is 2.05. The van der Waals surface area contributed by atoms with Crippen LogP contribution in [0.4, 0.5) is 5.82 Å². The van der Waals surface area contributed by atoms with Crippen LogP contribution in [0.15, 0.2) is 12.4 Å². The van der Waals surface area contributed by atoms with Crippen molar-refractivity contribution in [1.29, 1.82) is 0 Å². The molecule has 2 N–H and O–H groups in total. The van der Waals surface area contributed by atoms with Gasteiger partial charge >= 0.3 is 5.97 Å². The van der Waals surface area contributed by atoms with E-state index in [0.29, 0.717) is 18.1 Å². The standard InChI is InChI=1S/C11H17N3O3/c1-8(4-3-5-11(15)16)13-9-6-12-7-10(14-9)17-2/h6-8H,3-5H2,1-2H3,(H,13,14)(H,15,16). The average molecular weight is 239 g/mol. The fourth-order valence-electron chi connectivity index (χ4n) is 1.40. The zero-order valence-electron chi connectivity index (χ0n) is 10.0. The van der Waals surface area contributed by atoms with Crippen LogP contribution in [0.1, 0.15) is 26.2 Å². The first-order valence-corrected chi connectivity index (χ1v) is 5.46. The number of carboxylic acids is 1. The van der Waals surface area contributed by atoms with Crippen molar-refractivity contribution in [3.8, 4) is 5.88 Å². The van der Waals surface area contributed by atoms with E-state index >= 15 is 0 Å². The lowest BCUT2D eigenvalue weighted by Crippen LogP contribution is -2.16. The molecule has 0 spiro atoms. The van der Waals surface area contributed by atoms with Gasteiger partial charge in [0.15, 0.2) is 0 Å². The van der Waals surface area contributed by atoms with Gasteiger partial charge in [-0.05, 0) is 19.8 Å². The maximum absolute atomic E-state index is 10.4. The minimum Gasteiger partial charge on any atom is -0.481 e. The van der Waals surface area contributed by atoms with Crippen LogP contribution in [-0.4, -0.2) is 34.2 Å². The molecule has 0 aliphatic heterocycles. The monoisotopic (exact) mass is 239 g/mol. The fourth-order valence-corrected chi connectivity index (χ4v) is 1.40. The predicted octanol–water partition coefficient (Wildman–Crippen LogP) is 1.54. The minimum atomic E-state index is -0.765. The molecule has 0 fully saturated rings. The number of carboxylic acid groups (broad SMARTS) is 1. The van der Waals surface area contributed by atoms with Crippen molar-refractivity contribution in [1.82, 2.24) is 9.97 Å². The number of aliphatic carboxylic acids is 1. The molecule has 1 rings (SSSR count). The minimum absolute atomic E-state index is 0.149. The first kappa shape index (κ1) is 13.2. The van der Waals surface area contributed by atoms with Gasteiger partial charge in [0.05, 0.1) is 19.5 Å². The Morgan fingerprint density at radius 3 is 3.00 bits per heavy atom. The zero-order chi connectivity index (χ0) is 12.7. The lowest BCUT2D eigenvalue weighted by Gasteiger charge is -2.13. The summed E-state index contributed by atoms with van der Waals surface area (Å²) >= 11 is 0. The largest absolute Gasteiger partial charge is 0.481 e. The summed E-state index contributed by atoms with van der Waals surface area (Å²) in [5.41, 5.74) is 0. The van der Waals surface area contributed by atoms with Crippen molar-refractivity contribution in [2.75, 3.05) is 12.4 Å². The molecule has 17 heavy (non-hydrogen) atoms. The Balaban J connectivity index is 2.38. The third kappa shape index (κ3) is 5.14. The molecule has 6 heteroatoms. The second-order valence-corrected chi connectivity index (χ2v) is 3.78. The summed E-state index contributed by atoms with van der Waals surface area (Å²) in [5.74, 6) is 0.318. The van der Waals surface area contributed by atoms with Gasteiger partial charge in [-0.3, -0.25) is 9.78 Å². The molecule has 1 atom stereocenters. The fraction of sp³-hybridized carbons (Fsp3) is 0.545. The third-order valence-corrected chi connectivity index (χ3v) is 2.24. The number of methoxy groups -OCH3 is 1. The van der Waals surface area contributed by atoms with E-state index in [-0.39, 0.29) is 12.5 Å². The van der Waals surface area contributed by atoms with E-state index in [1.807, 2.05) is 6.92 Å². The van der Waals surface area contributed by atoms with Crippen LogP contribution in [-0.2, 0) is 4.79 Å². The molecule has 94 valence electrons. The van der Waals surface area contributed by atoms with Crippen molar-refractivity contribution in [3.63, 3.8) is 0 Å². The van der Waals surface area contributed by atoms with E-state index < -0.39 is 5.97 Å². The van der Waals surface area contributed by atoms with Gasteiger partial charge in [0.2, 0.25) is 5.88 Å². The van der Waals surface area contributed by atoms with Crippen molar-refractivity contribution >= 4 is 11.8 Å². The van der Waals surface area contributed by atoms with Crippen molar-refractivity contribution in [2.45, 2.75) is 32.2 Å². The Hall–Kier alpha value is -1.85. The Morgan fingerprint density at radius 1 is 1.59 bits per heavy atom. The van der Waals surface area contributed by atoms with Crippen LogP contribution in [0.5, 0.6) is 5.88 Å². The highest BCUT2D eigenvalue weighted by molar-refractivity contribution is 5.66. The van der Waals surface area contributed by atoms with Crippen LogP contribution < -0.4 is 10.1 Å². The predicted molar refractivity (Wildman–Crippen MR) is 63.2 cm³/mol. The van der Waals surface area contributed by atoms with Gasteiger partial charge in [-0.2, -0.15) is 4.98 Å². The number of hydrogen-bond donors (Lipinski definition) is 2. The van der Waals surface area contributed by atoms with Gasteiger partial charge in [-0.15, -0.1) is 0 Å². The smallest absolute Gasteiger partial charge is 0.303 e. The van der Waals surface area contributed by atoms with Gasteiger partial charge in [0.1, 0.15) is 5.82 Å². The third-order valence-electron chi connectivity index (χ3n) is 2.24. The number of aromatic nitrogens is 2. The number of hydrogen-bond acceptors (Lipinski definition) is 5. The molecule has 0 saturated carbocycles.